The smallest absolute Gasteiger partial charge is 0.187 e. The summed E-state index contributed by atoms with van der Waals surface area (Å²) in [5, 5.41) is 6.04. The van der Waals surface area contributed by atoms with E-state index in [-0.39, 0.29) is 0 Å². The van der Waals surface area contributed by atoms with Crippen LogP contribution in [0.4, 0.5) is 10.8 Å². The van der Waals surface area contributed by atoms with E-state index >= 15 is 0 Å². The maximum absolute atomic E-state index is 5.26. The molecule has 0 aliphatic rings. The van der Waals surface area contributed by atoms with Crippen molar-refractivity contribution in [2.24, 2.45) is 0 Å². The Labute approximate surface area is 102 Å². The Morgan fingerprint density at radius 2 is 2.29 bits per heavy atom. The Morgan fingerprint density at radius 3 is 3.06 bits per heavy atom. The highest BCUT2D eigenvalue weighted by atomic mass is 32.1. The molecule has 0 bridgehead atoms. The van der Waals surface area contributed by atoms with E-state index in [2.05, 4.69) is 15.3 Å². The molecule has 5 heteroatoms. The molecule has 0 aliphatic heterocycles. The van der Waals surface area contributed by atoms with Crippen LogP contribution in [0.25, 0.3) is 11.3 Å². The average Bonchev–Trinajstić information content (AvgIpc) is 3.01. The van der Waals surface area contributed by atoms with E-state index in [0.29, 0.717) is 0 Å². The zero-order valence-electron chi connectivity index (χ0n) is 8.83. The van der Waals surface area contributed by atoms with E-state index in [0.717, 1.165) is 22.1 Å². The lowest BCUT2D eigenvalue weighted by molar-refractivity contribution is 0.572. The molecule has 0 aliphatic carbocycles. The zero-order chi connectivity index (χ0) is 11.5. The van der Waals surface area contributed by atoms with Gasteiger partial charge in [-0.15, -0.1) is 11.3 Å². The molecule has 0 spiro atoms. The highest BCUT2D eigenvalue weighted by molar-refractivity contribution is 7.13. The molecule has 3 rings (SSSR count). The molecule has 0 atom stereocenters. The maximum atomic E-state index is 5.26. The van der Waals surface area contributed by atoms with E-state index in [9.17, 15) is 0 Å². The Balaban J connectivity index is 1.89. The largest absolute Gasteiger partial charge is 0.444 e. The fourth-order valence-electron chi connectivity index (χ4n) is 1.52. The second kappa shape index (κ2) is 4.39. The fourth-order valence-corrected chi connectivity index (χ4v) is 2.07. The van der Waals surface area contributed by atoms with Crippen LogP contribution in [0.2, 0.25) is 0 Å². The molecule has 4 nitrogen and oxygen atoms in total. The Morgan fingerprint density at radius 1 is 1.29 bits per heavy atom. The molecule has 1 aromatic carbocycles. The minimum absolute atomic E-state index is 0.757. The van der Waals surface area contributed by atoms with Gasteiger partial charge in [0.15, 0.2) is 17.3 Å². The Kier molecular flexibility index (Phi) is 2.59. The molecule has 0 fully saturated rings. The van der Waals surface area contributed by atoms with Gasteiger partial charge in [0.25, 0.3) is 0 Å². The van der Waals surface area contributed by atoms with Gasteiger partial charge in [-0.05, 0) is 12.1 Å². The van der Waals surface area contributed by atoms with Gasteiger partial charge >= 0.3 is 0 Å². The van der Waals surface area contributed by atoms with Gasteiger partial charge in [-0.2, -0.15) is 0 Å². The van der Waals surface area contributed by atoms with Crippen molar-refractivity contribution in [1.29, 1.82) is 0 Å². The molecule has 17 heavy (non-hydrogen) atoms. The normalized spacial score (nSPS) is 10.4. The number of aromatic nitrogens is 2. The highest BCUT2D eigenvalue weighted by Crippen LogP contribution is 2.24. The molecule has 1 N–H and O–H groups in total. The third-order valence-corrected chi connectivity index (χ3v) is 2.95. The van der Waals surface area contributed by atoms with Gasteiger partial charge in [0, 0.05) is 22.8 Å². The van der Waals surface area contributed by atoms with E-state index in [1.165, 1.54) is 6.39 Å². The second-order valence-corrected chi connectivity index (χ2v) is 4.30. The van der Waals surface area contributed by atoms with Crippen molar-refractivity contribution in [2.75, 3.05) is 5.32 Å². The third-order valence-electron chi connectivity index (χ3n) is 2.26. The van der Waals surface area contributed by atoms with E-state index < -0.39 is 0 Å². The lowest BCUT2D eigenvalue weighted by atomic mass is 10.1. The number of nitrogens with zero attached hydrogens (tertiary/aromatic N) is 2. The van der Waals surface area contributed by atoms with Crippen LogP contribution in [0.15, 0.2) is 52.9 Å². The van der Waals surface area contributed by atoms with Crippen LogP contribution in [0.5, 0.6) is 0 Å². The number of hydrogen-bond acceptors (Lipinski definition) is 5. The first-order valence-electron chi connectivity index (χ1n) is 5.07. The average molecular weight is 243 g/mol. The van der Waals surface area contributed by atoms with Crippen LogP contribution in [-0.2, 0) is 0 Å². The van der Waals surface area contributed by atoms with Crippen molar-refractivity contribution >= 4 is 22.2 Å². The Hall–Kier alpha value is -2.14. The molecule has 0 amide bonds. The first-order valence-corrected chi connectivity index (χ1v) is 5.95. The monoisotopic (exact) mass is 243 g/mol. The summed E-state index contributed by atoms with van der Waals surface area (Å²) < 4.78 is 5.26. The van der Waals surface area contributed by atoms with E-state index in [4.69, 9.17) is 4.42 Å². The molecule has 0 unspecified atom stereocenters. The number of anilines is 2. The third kappa shape index (κ3) is 2.19. The van der Waals surface area contributed by atoms with Crippen molar-refractivity contribution in [3.63, 3.8) is 0 Å². The molecule has 0 radical (unpaired) electrons. The van der Waals surface area contributed by atoms with E-state index in [1.54, 1.807) is 23.7 Å². The minimum Gasteiger partial charge on any atom is -0.444 e. The second-order valence-electron chi connectivity index (χ2n) is 3.41. The van der Waals surface area contributed by atoms with Gasteiger partial charge in [-0.25, -0.2) is 9.97 Å². The number of oxazole rings is 1. The van der Waals surface area contributed by atoms with Gasteiger partial charge in [0.1, 0.15) is 0 Å². The summed E-state index contributed by atoms with van der Waals surface area (Å²) in [6, 6.07) is 7.94. The van der Waals surface area contributed by atoms with Gasteiger partial charge in [0.05, 0.1) is 6.20 Å². The van der Waals surface area contributed by atoms with Gasteiger partial charge in [0.2, 0.25) is 0 Å². The predicted octanol–water partition coefficient (Wildman–Crippen LogP) is 3.54. The van der Waals surface area contributed by atoms with Crippen LogP contribution in [0, 0.1) is 0 Å². The summed E-state index contributed by atoms with van der Waals surface area (Å²) >= 11 is 1.56. The molecule has 84 valence electrons. The standard InChI is InChI=1S/C12H9N3OS/c1-2-9(11-7-13-8-16-11)6-10(3-1)15-12-14-4-5-17-12/h1-8H,(H,14,15). The quantitative estimate of drug-likeness (QED) is 0.764. The van der Waals surface area contributed by atoms with E-state index in [1.807, 2.05) is 29.6 Å². The number of hydrogen-bond donors (Lipinski definition) is 1. The molecule has 2 aromatic heterocycles. The summed E-state index contributed by atoms with van der Waals surface area (Å²) in [5.74, 6) is 0.757. The van der Waals surface area contributed by atoms with Gasteiger partial charge in [-0.1, -0.05) is 12.1 Å². The van der Waals surface area contributed by atoms with Gasteiger partial charge in [-0.3, -0.25) is 0 Å². The van der Waals surface area contributed by atoms with Crippen LogP contribution in [0.1, 0.15) is 0 Å². The topological polar surface area (TPSA) is 51.0 Å². The zero-order valence-corrected chi connectivity index (χ0v) is 9.65. The molecule has 0 saturated carbocycles. The lowest BCUT2D eigenvalue weighted by Crippen LogP contribution is -1.88. The summed E-state index contributed by atoms with van der Waals surface area (Å²) in [7, 11) is 0. The van der Waals surface area contributed by atoms with Crippen molar-refractivity contribution in [2.45, 2.75) is 0 Å². The Bertz CT molecular complexity index is 590. The molecule has 3 aromatic rings. The number of nitrogens with one attached hydrogen (secondary N) is 1. The molecule has 0 saturated heterocycles. The summed E-state index contributed by atoms with van der Waals surface area (Å²) in [6.45, 7) is 0. The van der Waals surface area contributed by atoms with Crippen molar-refractivity contribution < 1.29 is 4.42 Å². The predicted molar refractivity (Wildman–Crippen MR) is 67.3 cm³/mol. The summed E-state index contributed by atoms with van der Waals surface area (Å²) in [4.78, 5) is 8.08. The fraction of sp³-hybridized carbons (Fsp3) is 0. The minimum atomic E-state index is 0.757. The maximum Gasteiger partial charge on any atom is 0.187 e. The molecule has 2 heterocycles. The highest BCUT2D eigenvalue weighted by Gasteiger charge is 2.03. The van der Waals surface area contributed by atoms with Crippen LogP contribution >= 0.6 is 11.3 Å². The summed E-state index contributed by atoms with van der Waals surface area (Å²) in [6.07, 6.45) is 4.89. The first-order chi connectivity index (χ1) is 8.42. The van der Waals surface area contributed by atoms with Crippen LogP contribution in [-0.4, -0.2) is 9.97 Å². The first kappa shape index (κ1) is 10.0. The van der Waals surface area contributed by atoms with Crippen molar-refractivity contribution in [3.05, 3.63) is 48.4 Å². The number of rotatable bonds is 3. The van der Waals surface area contributed by atoms with Crippen LogP contribution < -0.4 is 5.32 Å². The number of benzene rings is 1. The van der Waals surface area contributed by atoms with Crippen molar-refractivity contribution in [1.82, 2.24) is 9.97 Å². The number of thiazole rings is 1. The van der Waals surface area contributed by atoms with Gasteiger partial charge < -0.3 is 9.73 Å². The summed E-state index contributed by atoms with van der Waals surface area (Å²) in [5.41, 5.74) is 1.97. The molecular weight excluding hydrogens is 234 g/mol. The SMILES string of the molecule is c1cc(Nc2nccs2)cc(-c2cnco2)c1. The molecular formula is C12H9N3OS. The van der Waals surface area contributed by atoms with Crippen molar-refractivity contribution in [3.8, 4) is 11.3 Å². The lowest BCUT2D eigenvalue weighted by Gasteiger charge is -2.03. The van der Waals surface area contributed by atoms with Crippen LogP contribution in [0.3, 0.4) is 0 Å².